The molecule has 1 saturated heterocycles. The molecule has 1 aliphatic rings. The number of likely N-dealkylation sites (tertiary alicyclic amines) is 1. The number of amides is 1. The fourth-order valence-electron chi connectivity index (χ4n) is 3.11. The summed E-state index contributed by atoms with van der Waals surface area (Å²) in [5.74, 6) is 1.19. The maximum absolute atomic E-state index is 12.3. The molecule has 0 bridgehead atoms. The number of aromatic nitrogens is 2. The van der Waals surface area contributed by atoms with Gasteiger partial charge in [-0.1, -0.05) is 6.07 Å². The fraction of sp³-hybridized carbons (Fsp3) is 0.500. The van der Waals surface area contributed by atoms with Crippen LogP contribution in [0.15, 0.2) is 23.7 Å². The van der Waals surface area contributed by atoms with Crippen molar-refractivity contribution in [2.75, 3.05) is 19.6 Å². The van der Waals surface area contributed by atoms with E-state index >= 15 is 0 Å². The van der Waals surface area contributed by atoms with Crippen molar-refractivity contribution in [1.82, 2.24) is 20.2 Å². The number of piperidine rings is 1. The van der Waals surface area contributed by atoms with Crippen LogP contribution in [0.5, 0.6) is 0 Å². The van der Waals surface area contributed by atoms with E-state index in [1.807, 2.05) is 25.2 Å². The Bertz CT molecular complexity index is 678. The van der Waals surface area contributed by atoms with E-state index < -0.39 is 0 Å². The second-order valence-corrected chi connectivity index (χ2v) is 7.46. The Morgan fingerprint density at radius 2 is 2.17 bits per heavy atom. The van der Waals surface area contributed by atoms with E-state index in [-0.39, 0.29) is 5.91 Å². The van der Waals surface area contributed by atoms with Crippen molar-refractivity contribution in [2.24, 2.45) is 5.92 Å². The lowest BCUT2D eigenvalue weighted by Crippen LogP contribution is -2.38. The molecule has 0 unspecified atom stereocenters. The third kappa shape index (κ3) is 4.39. The average molecular weight is 344 g/mol. The first kappa shape index (κ1) is 17.0. The highest BCUT2D eigenvalue weighted by Gasteiger charge is 2.20. The van der Waals surface area contributed by atoms with Crippen molar-refractivity contribution < 1.29 is 4.79 Å². The smallest absolute Gasteiger partial charge is 0.254 e. The van der Waals surface area contributed by atoms with Crippen LogP contribution in [0.25, 0.3) is 0 Å². The van der Waals surface area contributed by atoms with Crippen molar-refractivity contribution in [1.29, 1.82) is 0 Å². The second-order valence-electron chi connectivity index (χ2n) is 6.43. The predicted molar refractivity (Wildman–Crippen MR) is 96.2 cm³/mol. The first-order chi connectivity index (χ1) is 11.6. The topological polar surface area (TPSA) is 58.1 Å². The Balaban J connectivity index is 1.44. The molecular formula is C18H24N4OS. The van der Waals surface area contributed by atoms with Crippen LogP contribution in [0.3, 0.4) is 0 Å². The number of rotatable bonds is 5. The van der Waals surface area contributed by atoms with Crippen LogP contribution >= 0.6 is 11.3 Å². The third-order valence-electron chi connectivity index (χ3n) is 4.56. The largest absolute Gasteiger partial charge is 0.352 e. The minimum atomic E-state index is -0.0616. The first-order valence-electron chi connectivity index (χ1n) is 8.45. The molecule has 0 saturated carbocycles. The van der Waals surface area contributed by atoms with Crippen molar-refractivity contribution >= 4 is 17.2 Å². The van der Waals surface area contributed by atoms with Gasteiger partial charge in [0.1, 0.15) is 5.82 Å². The molecule has 1 amide bonds. The summed E-state index contributed by atoms with van der Waals surface area (Å²) < 4.78 is 0. The zero-order valence-corrected chi connectivity index (χ0v) is 15.1. The van der Waals surface area contributed by atoms with Gasteiger partial charge in [-0.2, -0.15) is 0 Å². The van der Waals surface area contributed by atoms with Gasteiger partial charge < -0.3 is 5.32 Å². The molecule has 1 aliphatic heterocycles. The van der Waals surface area contributed by atoms with Gasteiger partial charge in [0.2, 0.25) is 0 Å². The summed E-state index contributed by atoms with van der Waals surface area (Å²) in [5.41, 5.74) is 1.32. The zero-order chi connectivity index (χ0) is 16.9. The van der Waals surface area contributed by atoms with Crippen LogP contribution in [0.2, 0.25) is 0 Å². The summed E-state index contributed by atoms with van der Waals surface area (Å²) in [6.07, 6.45) is 3.89. The molecule has 1 N–H and O–H groups in total. The van der Waals surface area contributed by atoms with E-state index in [0.29, 0.717) is 17.3 Å². The molecule has 3 rings (SSSR count). The number of aryl methyl sites for hydroxylation is 2. The van der Waals surface area contributed by atoms with Gasteiger partial charge in [0.05, 0.1) is 11.3 Å². The lowest BCUT2D eigenvalue weighted by molar-refractivity contribution is 0.0934. The van der Waals surface area contributed by atoms with Crippen molar-refractivity contribution in [3.63, 3.8) is 0 Å². The Kier molecular flexibility index (Phi) is 5.58. The number of thiophene rings is 1. The van der Waals surface area contributed by atoms with Crippen LogP contribution < -0.4 is 5.32 Å². The first-order valence-corrected chi connectivity index (χ1v) is 9.33. The molecule has 0 spiro atoms. The molecule has 0 aromatic carbocycles. The van der Waals surface area contributed by atoms with Crippen LogP contribution in [-0.2, 0) is 6.54 Å². The third-order valence-corrected chi connectivity index (χ3v) is 5.42. The molecule has 128 valence electrons. The highest BCUT2D eigenvalue weighted by molar-refractivity contribution is 7.09. The Labute approximate surface area is 147 Å². The van der Waals surface area contributed by atoms with Crippen LogP contribution in [0, 0.1) is 19.8 Å². The maximum Gasteiger partial charge on any atom is 0.254 e. The summed E-state index contributed by atoms with van der Waals surface area (Å²) in [6.45, 7) is 7.68. The molecule has 2 aromatic heterocycles. The molecule has 1 fully saturated rings. The van der Waals surface area contributed by atoms with Gasteiger partial charge in [-0.25, -0.2) is 9.97 Å². The minimum absolute atomic E-state index is 0.0616. The molecule has 2 aromatic rings. The SMILES string of the molecule is Cc1ncc(C(=O)NCC2CCN(Cc3cccs3)CC2)c(C)n1. The Morgan fingerprint density at radius 3 is 2.83 bits per heavy atom. The summed E-state index contributed by atoms with van der Waals surface area (Å²) in [6, 6.07) is 4.31. The van der Waals surface area contributed by atoms with Crippen LogP contribution in [0.4, 0.5) is 0 Å². The minimum Gasteiger partial charge on any atom is -0.352 e. The number of carbonyl (C=O) groups excluding carboxylic acids is 1. The zero-order valence-electron chi connectivity index (χ0n) is 14.3. The normalized spacial score (nSPS) is 16.2. The Hall–Kier alpha value is -1.79. The van der Waals surface area contributed by atoms with Crippen LogP contribution in [-0.4, -0.2) is 40.4 Å². The maximum atomic E-state index is 12.3. The number of carbonyl (C=O) groups is 1. The monoisotopic (exact) mass is 344 g/mol. The van der Waals surface area contributed by atoms with Gasteiger partial charge in [-0.15, -0.1) is 11.3 Å². The summed E-state index contributed by atoms with van der Waals surface area (Å²) in [4.78, 5) is 24.6. The average Bonchev–Trinajstić information content (AvgIpc) is 3.07. The van der Waals surface area contributed by atoms with Crippen molar-refractivity contribution in [3.05, 3.63) is 45.7 Å². The molecule has 0 aliphatic carbocycles. The fourth-order valence-corrected chi connectivity index (χ4v) is 3.86. The highest BCUT2D eigenvalue weighted by atomic mass is 32.1. The molecule has 24 heavy (non-hydrogen) atoms. The summed E-state index contributed by atoms with van der Waals surface area (Å²) in [7, 11) is 0. The van der Waals surface area contributed by atoms with Gasteiger partial charge in [0.15, 0.2) is 0 Å². The van der Waals surface area contributed by atoms with Gasteiger partial charge in [-0.3, -0.25) is 9.69 Å². The van der Waals surface area contributed by atoms with Gasteiger partial charge in [0, 0.05) is 24.2 Å². The van der Waals surface area contributed by atoms with E-state index in [0.717, 1.165) is 44.7 Å². The lowest BCUT2D eigenvalue weighted by Gasteiger charge is -2.31. The van der Waals surface area contributed by atoms with Crippen molar-refractivity contribution in [2.45, 2.75) is 33.2 Å². The molecule has 0 atom stereocenters. The number of nitrogens with one attached hydrogen (secondary N) is 1. The van der Waals surface area contributed by atoms with E-state index in [2.05, 4.69) is 37.7 Å². The number of hydrogen-bond donors (Lipinski definition) is 1. The molecule has 3 heterocycles. The van der Waals surface area contributed by atoms with E-state index in [1.165, 1.54) is 4.88 Å². The van der Waals surface area contributed by atoms with E-state index in [1.54, 1.807) is 6.20 Å². The second kappa shape index (κ2) is 7.85. The summed E-state index contributed by atoms with van der Waals surface area (Å²) >= 11 is 1.82. The predicted octanol–water partition coefficient (Wildman–Crippen LogP) is 2.80. The molecule has 5 nitrogen and oxygen atoms in total. The standard InChI is InChI=1S/C18H24N4OS/c1-13-17(11-19-14(2)21-13)18(23)20-10-15-5-7-22(8-6-15)12-16-4-3-9-24-16/h3-4,9,11,15H,5-8,10,12H2,1-2H3,(H,20,23). The Morgan fingerprint density at radius 1 is 1.38 bits per heavy atom. The summed E-state index contributed by atoms with van der Waals surface area (Å²) in [5, 5.41) is 5.19. The number of nitrogens with zero attached hydrogens (tertiary/aromatic N) is 3. The van der Waals surface area contributed by atoms with Gasteiger partial charge >= 0.3 is 0 Å². The van der Waals surface area contributed by atoms with Crippen molar-refractivity contribution in [3.8, 4) is 0 Å². The lowest BCUT2D eigenvalue weighted by atomic mass is 9.96. The van der Waals surface area contributed by atoms with E-state index in [9.17, 15) is 4.79 Å². The quantitative estimate of drug-likeness (QED) is 0.906. The highest BCUT2D eigenvalue weighted by Crippen LogP contribution is 2.20. The number of hydrogen-bond acceptors (Lipinski definition) is 5. The van der Waals surface area contributed by atoms with Crippen LogP contribution in [0.1, 0.15) is 39.6 Å². The molecule has 6 heteroatoms. The van der Waals surface area contributed by atoms with Gasteiger partial charge in [-0.05, 0) is 57.1 Å². The molecule has 0 radical (unpaired) electrons. The van der Waals surface area contributed by atoms with Gasteiger partial charge in [0.25, 0.3) is 5.91 Å². The van der Waals surface area contributed by atoms with E-state index in [4.69, 9.17) is 0 Å². The molecular weight excluding hydrogens is 320 g/mol.